The first kappa shape index (κ1) is 15.9. The van der Waals surface area contributed by atoms with Gasteiger partial charge in [-0.2, -0.15) is 0 Å². The van der Waals surface area contributed by atoms with Crippen LogP contribution >= 0.6 is 0 Å². The molecule has 5 heteroatoms. The Morgan fingerprint density at radius 3 is 2.35 bits per heavy atom. The van der Waals surface area contributed by atoms with E-state index in [-0.39, 0.29) is 5.91 Å². The highest BCUT2D eigenvalue weighted by Gasteiger charge is 2.21. The molecule has 2 atom stereocenters. The molecule has 0 aromatic heterocycles. The summed E-state index contributed by atoms with van der Waals surface area (Å²) in [6.07, 6.45) is 3.27. The fraction of sp³-hybridized carbons (Fsp3) is 0.833. The van der Waals surface area contributed by atoms with Gasteiger partial charge in [-0.1, -0.05) is 26.7 Å². The molecule has 0 fully saturated rings. The minimum atomic E-state index is -0.903. The average molecular weight is 244 g/mol. The third-order valence-corrected chi connectivity index (χ3v) is 2.55. The fourth-order valence-electron chi connectivity index (χ4n) is 1.49. The van der Waals surface area contributed by atoms with E-state index in [1.807, 2.05) is 6.92 Å². The normalized spacial score (nSPS) is 14.1. The highest BCUT2D eigenvalue weighted by molar-refractivity contribution is 5.82. The molecule has 0 aromatic carbocycles. The monoisotopic (exact) mass is 244 g/mol. The van der Waals surface area contributed by atoms with Crippen molar-refractivity contribution in [1.29, 1.82) is 0 Å². The number of hydrogen-bond donors (Lipinski definition) is 3. The van der Waals surface area contributed by atoms with Crippen LogP contribution in [-0.4, -0.2) is 35.6 Å². The number of hydrogen-bond acceptors (Lipinski definition) is 3. The molecule has 0 aromatic rings. The van der Waals surface area contributed by atoms with Crippen molar-refractivity contribution in [2.24, 2.45) is 0 Å². The van der Waals surface area contributed by atoms with Crippen molar-refractivity contribution in [3.63, 3.8) is 0 Å². The molecule has 1 amide bonds. The third-order valence-electron chi connectivity index (χ3n) is 2.55. The molecular weight excluding hydrogens is 220 g/mol. The maximum atomic E-state index is 11.6. The summed E-state index contributed by atoms with van der Waals surface area (Å²) in [6, 6.07) is -1.12. The van der Waals surface area contributed by atoms with Crippen LogP contribution in [0.1, 0.15) is 46.5 Å². The topological polar surface area (TPSA) is 78.4 Å². The predicted octanol–water partition coefficient (Wildman–Crippen LogP) is 1.13. The second kappa shape index (κ2) is 8.98. The molecule has 3 N–H and O–H groups in total. The van der Waals surface area contributed by atoms with Crippen LogP contribution in [0.15, 0.2) is 0 Å². The van der Waals surface area contributed by atoms with E-state index >= 15 is 0 Å². The van der Waals surface area contributed by atoms with E-state index in [0.717, 1.165) is 19.3 Å². The Labute approximate surface area is 103 Å². The summed E-state index contributed by atoms with van der Waals surface area (Å²) in [7, 11) is 0. The van der Waals surface area contributed by atoms with Gasteiger partial charge in [-0.3, -0.25) is 14.9 Å². The van der Waals surface area contributed by atoms with E-state index in [4.69, 9.17) is 5.11 Å². The lowest BCUT2D eigenvalue weighted by molar-refractivity contribution is -0.140. The lowest BCUT2D eigenvalue weighted by atomic mass is 10.1. The molecule has 5 nitrogen and oxygen atoms in total. The van der Waals surface area contributed by atoms with E-state index < -0.39 is 18.1 Å². The van der Waals surface area contributed by atoms with Gasteiger partial charge in [0.15, 0.2) is 0 Å². The Kier molecular flexibility index (Phi) is 8.40. The van der Waals surface area contributed by atoms with Gasteiger partial charge in [-0.25, -0.2) is 0 Å². The quantitative estimate of drug-likeness (QED) is 0.531. The zero-order valence-corrected chi connectivity index (χ0v) is 11.0. The standard InChI is InChI=1S/C12H24N2O3/c1-4-6-8-13-11(15)9(3)14-10(7-5-2)12(16)17/h9-10,14H,4-8H2,1-3H3,(H,13,15)(H,16,17)/t9-,10-/m1/s1. The molecule has 0 radical (unpaired) electrons. The van der Waals surface area contributed by atoms with Gasteiger partial charge in [-0.15, -0.1) is 0 Å². The second-order valence-electron chi connectivity index (χ2n) is 4.21. The summed E-state index contributed by atoms with van der Waals surface area (Å²) in [6.45, 7) is 6.30. The fourth-order valence-corrected chi connectivity index (χ4v) is 1.49. The van der Waals surface area contributed by atoms with E-state index in [1.165, 1.54) is 0 Å². The SMILES string of the molecule is CCCCNC(=O)[C@@H](C)N[C@H](CCC)C(=O)O. The molecule has 0 rings (SSSR count). The molecule has 0 aliphatic carbocycles. The van der Waals surface area contributed by atoms with Crippen LogP contribution in [0.5, 0.6) is 0 Å². The number of carbonyl (C=O) groups is 2. The van der Waals surface area contributed by atoms with Gasteiger partial charge in [0.25, 0.3) is 0 Å². The summed E-state index contributed by atoms with van der Waals surface area (Å²) >= 11 is 0. The number of carbonyl (C=O) groups excluding carboxylic acids is 1. The highest BCUT2D eigenvalue weighted by Crippen LogP contribution is 1.99. The molecule has 0 saturated heterocycles. The largest absolute Gasteiger partial charge is 0.480 e. The van der Waals surface area contributed by atoms with Crippen molar-refractivity contribution in [3.05, 3.63) is 0 Å². The maximum Gasteiger partial charge on any atom is 0.320 e. The smallest absolute Gasteiger partial charge is 0.320 e. The second-order valence-corrected chi connectivity index (χ2v) is 4.21. The molecule has 100 valence electrons. The predicted molar refractivity (Wildman–Crippen MR) is 66.8 cm³/mol. The average Bonchev–Trinajstić information content (AvgIpc) is 2.28. The molecule has 0 spiro atoms. The van der Waals surface area contributed by atoms with Gasteiger partial charge < -0.3 is 10.4 Å². The number of carboxylic acid groups (broad SMARTS) is 1. The molecular formula is C12H24N2O3. The van der Waals surface area contributed by atoms with E-state index in [2.05, 4.69) is 17.6 Å². The van der Waals surface area contributed by atoms with Gasteiger partial charge in [0.1, 0.15) is 6.04 Å². The third kappa shape index (κ3) is 6.94. The highest BCUT2D eigenvalue weighted by atomic mass is 16.4. The number of rotatable bonds is 9. The van der Waals surface area contributed by atoms with Gasteiger partial charge in [-0.05, 0) is 19.8 Å². The minimum Gasteiger partial charge on any atom is -0.480 e. The lowest BCUT2D eigenvalue weighted by Crippen LogP contribution is -2.49. The molecule has 0 bridgehead atoms. The van der Waals surface area contributed by atoms with Crippen molar-refractivity contribution in [1.82, 2.24) is 10.6 Å². The summed E-state index contributed by atoms with van der Waals surface area (Å²) < 4.78 is 0. The van der Waals surface area contributed by atoms with Crippen molar-refractivity contribution in [2.45, 2.75) is 58.5 Å². The number of aliphatic carboxylic acids is 1. The van der Waals surface area contributed by atoms with Crippen LogP contribution in [0.2, 0.25) is 0 Å². The van der Waals surface area contributed by atoms with Gasteiger partial charge in [0.2, 0.25) is 5.91 Å². The molecule has 0 unspecified atom stereocenters. The number of carboxylic acids is 1. The van der Waals surface area contributed by atoms with Crippen molar-refractivity contribution in [3.8, 4) is 0 Å². The Hall–Kier alpha value is -1.10. The number of nitrogens with one attached hydrogen (secondary N) is 2. The molecule has 0 saturated carbocycles. The Bertz CT molecular complexity index is 244. The van der Waals surface area contributed by atoms with Crippen LogP contribution in [0.4, 0.5) is 0 Å². The first-order valence-electron chi connectivity index (χ1n) is 6.29. The molecule has 0 aliphatic heterocycles. The van der Waals surface area contributed by atoms with Gasteiger partial charge in [0.05, 0.1) is 6.04 Å². The van der Waals surface area contributed by atoms with Crippen molar-refractivity contribution < 1.29 is 14.7 Å². The van der Waals surface area contributed by atoms with Crippen molar-refractivity contribution in [2.75, 3.05) is 6.54 Å². The van der Waals surface area contributed by atoms with Gasteiger partial charge >= 0.3 is 5.97 Å². The first-order valence-corrected chi connectivity index (χ1v) is 6.29. The summed E-state index contributed by atoms with van der Waals surface area (Å²) in [5.74, 6) is -1.04. The Morgan fingerprint density at radius 2 is 1.88 bits per heavy atom. The van der Waals surface area contributed by atoms with Crippen LogP contribution in [0, 0.1) is 0 Å². The lowest BCUT2D eigenvalue weighted by Gasteiger charge is -2.19. The van der Waals surface area contributed by atoms with Crippen molar-refractivity contribution >= 4 is 11.9 Å². The summed E-state index contributed by atoms with van der Waals surface area (Å²) in [4.78, 5) is 22.5. The van der Waals surface area contributed by atoms with Crippen LogP contribution in [0.25, 0.3) is 0 Å². The maximum absolute atomic E-state index is 11.6. The van der Waals surface area contributed by atoms with E-state index in [1.54, 1.807) is 6.92 Å². The van der Waals surface area contributed by atoms with Crippen LogP contribution < -0.4 is 10.6 Å². The van der Waals surface area contributed by atoms with Gasteiger partial charge in [0, 0.05) is 6.54 Å². The zero-order chi connectivity index (χ0) is 13.3. The Morgan fingerprint density at radius 1 is 1.24 bits per heavy atom. The first-order chi connectivity index (χ1) is 8.02. The number of unbranched alkanes of at least 4 members (excludes halogenated alkanes) is 1. The summed E-state index contributed by atoms with van der Waals surface area (Å²) in [5, 5.41) is 14.6. The zero-order valence-electron chi connectivity index (χ0n) is 11.0. The van der Waals surface area contributed by atoms with E-state index in [9.17, 15) is 9.59 Å². The molecule has 0 heterocycles. The van der Waals surface area contributed by atoms with Crippen LogP contribution in [0.3, 0.4) is 0 Å². The van der Waals surface area contributed by atoms with Crippen LogP contribution in [-0.2, 0) is 9.59 Å². The molecule has 17 heavy (non-hydrogen) atoms. The minimum absolute atomic E-state index is 0.138. The number of amides is 1. The Balaban J connectivity index is 4.06. The molecule has 0 aliphatic rings. The van der Waals surface area contributed by atoms with E-state index in [0.29, 0.717) is 13.0 Å². The summed E-state index contributed by atoms with van der Waals surface area (Å²) in [5.41, 5.74) is 0.